The van der Waals surface area contributed by atoms with E-state index in [9.17, 15) is 40.3 Å². The second-order valence-electron chi connectivity index (χ2n) is 6.54. The summed E-state index contributed by atoms with van der Waals surface area (Å²) < 4.78 is 101. The summed E-state index contributed by atoms with van der Waals surface area (Å²) in [5.41, 5.74) is -3.19. The Morgan fingerprint density at radius 3 is 2.18 bits per heavy atom. The smallest absolute Gasteiger partial charge is 0.419 e. The molecule has 13 heteroatoms. The van der Waals surface area contributed by atoms with Crippen LogP contribution in [0.25, 0.3) is 0 Å². The van der Waals surface area contributed by atoms with Gasteiger partial charge in [-0.3, -0.25) is 14.8 Å². The highest BCUT2D eigenvalue weighted by Gasteiger charge is 2.37. The molecule has 0 aliphatic carbocycles. The third-order valence-corrected chi connectivity index (χ3v) is 4.34. The quantitative estimate of drug-likeness (QED) is 0.254. The van der Waals surface area contributed by atoms with Crippen LogP contribution in [0.1, 0.15) is 26.3 Å². The summed E-state index contributed by atoms with van der Waals surface area (Å²) in [6, 6.07) is 5.65. The van der Waals surface area contributed by atoms with Gasteiger partial charge in [-0.25, -0.2) is 18.7 Å². The minimum Gasteiger partial charge on any atom is -0.453 e. The zero-order chi connectivity index (χ0) is 25.2. The fourth-order valence-corrected chi connectivity index (χ4v) is 2.79. The van der Waals surface area contributed by atoms with E-state index < -0.39 is 69.4 Å². The molecular weight excluding hydrogens is 477 g/mol. The zero-order valence-corrected chi connectivity index (χ0v) is 16.4. The molecule has 178 valence electrons. The van der Waals surface area contributed by atoms with Crippen LogP contribution in [0.3, 0.4) is 0 Å². The van der Waals surface area contributed by atoms with Crippen molar-refractivity contribution in [1.29, 1.82) is 0 Å². The molecule has 0 aliphatic rings. The zero-order valence-electron chi connectivity index (χ0n) is 16.4. The van der Waals surface area contributed by atoms with Gasteiger partial charge in [0.1, 0.15) is 17.1 Å². The largest absolute Gasteiger partial charge is 0.453 e. The van der Waals surface area contributed by atoms with Crippen molar-refractivity contribution in [2.45, 2.75) is 6.18 Å². The number of rotatable bonds is 5. The summed E-state index contributed by atoms with van der Waals surface area (Å²) in [5.74, 6) is -10.8. The van der Waals surface area contributed by atoms with Crippen molar-refractivity contribution in [1.82, 2.24) is 5.48 Å². The van der Waals surface area contributed by atoms with Gasteiger partial charge in [0.2, 0.25) is 5.82 Å². The van der Waals surface area contributed by atoms with Gasteiger partial charge in [-0.2, -0.15) is 17.6 Å². The van der Waals surface area contributed by atoms with Gasteiger partial charge in [0, 0.05) is 5.69 Å². The lowest BCUT2D eigenvalue weighted by molar-refractivity contribution is -0.140. The molecule has 0 heterocycles. The van der Waals surface area contributed by atoms with E-state index in [-0.39, 0.29) is 11.8 Å². The first-order valence-corrected chi connectivity index (χ1v) is 9.01. The van der Waals surface area contributed by atoms with Crippen molar-refractivity contribution >= 4 is 17.5 Å². The van der Waals surface area contributed by atoms with Crippen LogP contribution in [0, 0.1) is 23.3 Å². The van der Waals surface area contributed by atoms with Crippen LogP contribution in [0.15, 0.2) is 48.5 Å². The third-order valence-electron chi connectivity index (χ3n) is 4.34. The first-order chi connectivity index (χ1) is 15.9. The Labute approximate surface area is 185 Å². The van der Waals surface area contributed by atoms with Crippen LogP contribution in [-0.4, -0.2) is 17.0 Å². The first-order valence-electron chi connectivity index (χ1n) is 9.01. The van der Waals surface area contributed by atoms with Gasteiger partial charge in [-0.05, 0) is 42.5 Å². The van der Waals surface area contributed by atoms with Gasteiger partial charge in [-0.15, -0.1) is 0 Å². The average molecular weight is 488 g/mol. The number of benzene rings is 3. The lowest BCUT2D eigenvalue weighted by atomic mass is 10.1. The molecule has 0 aliphatic heterocycles. The lowest BCUT2D eigenvalue weighted by Gasteiger charge is -2.16. The van der Waals surface area contributed by atoms with Crippen LogP contribution >= 0.6 is 0 Å². The molecule has 2 amide bonds. The SMILES string of the molecule is O=C(NO)c1cc(NC(=O)c2c(Oc3cccc(F)c3F)ccc(C(F)(F)F)c2F)ccc1F. The number of halogens is 7. The molecular formula is C21H11F7N2O4. The maximum Gasteiger partial charge on any atom is 0.419 e. The molecule has 0 unspecified atom stereocenters. The van der Waals surface area contributed by atoms with Crippen molar-refractivity contribution in [3.05, 3.63) is 88.5 Å². The van der Waals surface area contributed by atoms with Gasteiger partial charge in [0.05, 0.1) is 11.1 Å². The van der Waals surface area contributed by atoms with E-state index in [2.05, 4.69) is 0 Å². The highest BCUT2D eigenvalue weighted by molar-refractivity contribution is 6.07. The maximum atomic E-state index is 14.8. The molecule has 0 saturated heterocycles. The van der Waals surface area contributed by atoms with Crippen LogP contribution in [0.4, 0.5) is 36.4 Å². The Morgan fingerprint density at radius 1 is 0.824 bits per heavy atom. The highest BCUT2D eigenvalue weighted by atomic mass is 19.4. The summed E-state index contributed by atoms with van der Waals surface area (Å²) in [6.07, 6.45) is -5.23. The number of hydrogen-bond acceptors (Lipinski definition) is 4. The Bertz CT molecular complexity index is 1280. The minimum atomic E-state index is -5.23. The number of hydrogen-bond donors (Lipinski definition) is 3. The van der Waals surface area contributed by atoms with E-state index in [1.54, 1.807) is 0 Å². The molecule has 0 radical (unpaired) electrons. The molecule has 0 atom stereocenters. The van der Waals surface area contributed by atoms with E-state index in [1.807, 2.05) is 5.32 Å². The second-order valence-corrected chi connectivity index (χ2v) is 6.54. The van der Waals surface area contributed by atoms with Gasteiger partial charge in [0.15, 0.2) is 17.4 Å². The van der Waals surface area contributed by atoms with Gasteiger partial charge in [0.25, 0.3) is 11.8 Å². The topological polar surface area (TPSA) is 87.7 Å². The predicted molar refractivity (Wildman–Crippen MR) is 101 cm³/mol. The number of carbonyl (C=O) groups excluding carboxylic acids is 2. The van der Waals surface area contributed by atoms with E-state index >= 15 is 0 Å². The number of nitrogens with one attached hydrogen (secondary N) is 2. The van der Waals surface area contributed by atoms with Crippen molar-refractivity contribution in [3.8, 4) is 11.5 Å². The number of amides is 2. The summed E-state index contributed by atoms with van der Waals surface area (Å²) in [6.45, 7) is 0. The van der Waals surface area contributed by atoms with Crippen molar-refractivity contribution < 1.29 is 50.3 Å². The number of hydroxylamine groups is 1. The second kappa shape index (κ2) is 9.39. The molecule has 0 bridgehead atoms. The Kier molecular flexibility index (Phi) is 6.77. The van der Waals surface area contributed by atoms with Gasteiger partial charge < -0.3 is 10.1 Å². The van der Waals surface area contributed by atoms with E-state index in [0.717, 1.165) is 29.7 Å². The molecule has 3 rings (SSSR count). The number of ether oxygens (including phenoxy) is 1. The van der Waals surface area contributed by atoms with Crippen LogP contribution in [0.5, 0.6) is 11.5 Å². The third kappa shape index (κ3) is 4.93. The fraction of sp³-hybridized carbons (Fsp3) is 0.0476. The summed E-state index contributed by atoms with van der Waals surface area (Å²) in [5, 5.41) is 10.6. The summed E-state index contributed by atoms with van der Waals surface area (Å²) in [7, 11) is 0. The molecule has 0 aromatic heterocycles. The molecule has 0 fully saturated rings. The number of anilines is 1. The predicted octanol–water partition coefficient (Wildman–Crippen LogP) is 5.43. The number of alkyl halides is 3. The standard InChI is InChI=1S/C21H11F7N2O4/c22-12-6-4-9(8-10(12)19(31)30-33)29-20(32)16-14(7-5-11(17(16)24)21(26,27)28)34-15-3-1-2-13(23)18(15)25/h1-8,33H,(H,29,32)(H,30,31). The maximum absolute atomic E-state index is 14.8. The normalized spacial score (nSPS) is 11.2. The first kappa shape index (κ1) is 24.5. The monoisotopic (exact) mass is 488 g/mol. The molecule has 3 aromatic rings. The van der Waals surface area contributed by atoms with Crippen molar-refractivity contribution in [2.75, 3.05) is 5.32 Å². The summed E-state index contributed by atoms with van der Waals surface area (Å²) >= 11 is 0. The molecule has 3 aromatic carbocycles. The lowest BCUT2D eigenvalue weighted by Crippen LogP contribution is -2.21. The molecule has 34 heavy (non-hydrogen) atoms. The number of carbonyl (C=O) groups is 2. The Hall–Kier alpha value is -4.13. The average Bonchev–Trinajstić information content (AvgIpc) is 2.76. The minimum absolute atomic E-state index is 0.236. The van der Waals surface area contributed by atoms with E-state index in [4.69, 9.17) is 9.94 Å². The van der Waals surface area contributed by atoms with Gasteiger partial charge in [-0.1, -0.05) is 6.07 Å². The highest BCUT2D eigenvalue weighted by Crippen LogP contribution is 2.38. The van der Waals surface area contributed by atoms with Crippen LogP contribution in [-0.2, 0) is 6.18 Å². The fourth-order valence-electron chi connectivity index (χ4n) is 2.79. The van der Waals surface area contributed by atoms with E-state index in [1.165, 1.54) is 0 Å². The van der Waals surface area contributed by atoms with Crippen molar-refractivity contribution in [2.24, 2.45) is 0 Å². The molecule has 0 saturated carbocycles. The van der Waals surface area contributed by atoms with Crippen LogP contribution < -0.4 is 15.5 Å². The molecule has 6 nitrogen and oxygen atoms in total. The van der Waals surface area contributed by atoms with E-state index in [0.29, 0.717) is 18.2 Å². The van der Waals surface area contributed by atoms with Crippen molar-refractivity contribution in [3.63, 3.8) is 0 Å². The van der Waals surface area contributed by atoms with Crippen LogP contribution in [0.2, 0.25) is 0 Å². The molecule has 0 spiro atoms. The summed E-state index contributed by atoms with van der Waals surface area (Å²) in [4.78, 5) is 24.2. The van der Waals surface area contributed by atoms with Gasteiger partial charge >= 0.3 is 6.18 Å². The molecule has 3 N–H and O–H groups in total. The Balaban J connectivity index is 2.08. The Morgan fingerprint density at radius 2 is 1.53 bits per heavy atom.